The number of Topliss-reactive ketones (excluding diaryl/α,β-unsaturated/α-hetero) is 1. The number of carbonyl (C=O) groups is 2. The first-order valence-electron chi connectivity index (χ1n) is 11.8. The second kappa shape index (κ2) is 10.5. The molecule has 1 aliphatic rings. The maximum Gasteiger partial charge on any atom is 0.300 e. The van der Waals surface area contributed by atoms with Crippen molar-refractivity contribution in [3.8, 4) is 23.3 Å². The third-order valence-corrected chi connectivity index (χ3v) is 5.80. The van der Waals surface area contributed by atoms with Crippen molar-refractivity contribution < 1.29 is 29.3 Å². The number of nitriles is 1. The number of aliphatic hydroxyl groups is 1. The smallest absolute Gasteiger partial charge is 0.300 e. The zero-order valence-electron chi connectivity index (χ0n) is 20.6. The van der Waals surface area contributed by atoms with Crippen molar-refractivity contribution in [2.24, 2.45) is 0 Å². The number of ether oxygens (including phenoxy) is 2. The van der Waals surface area contributed by atoms with Gasteiger partial charge in [-0.2, -0.15) is 5.26 Å². The Morgan fingerprint density at radius 3 is 2.46 bits per heavy atom. The van der Waals surface area contributed by atoms with E-state index in [1.807, 2.05) is 19.9 Å². The van der Waals surface area contributed by atoms with Gasteiger partial charge in [-0.3, -0.25) is 14.5 Å². The SMILES string of the molecule is CCOc1cc(C2/C(=C(/O)c3cccc(OC(C)C)c3)C(=O)C(=O)N2c2ccc(C#N)cc2)ccc1O. The number of ketones is 1. The van der Waals surface area contributed by atoms with E-state index < -0.39 is 17.7 Å². The topological polar surface area (TPSA) is 120 Å². The van der Waals surface area contributed by atoms with Crippen molar-refractivity contribution in [2.75, 3.05) is 11.5 Å². The van der Waals surface area contributed by atoms with Crippen LogP contribution < -0.4 is 14.4 Å². The Morgan fingerprint density at radius 2 is 1.81 bits per heavy atom. The van der Waals surface area contributed by atoms with E-state index in [0.717, 1.165) is 0 Å². The summed E-state index contributed by atoms with van der Waals surface area (Å²) in [5.74, 6) is -1.48. The summed E-state index contributed by atoms with van der Waals surface area (Å²) < 4.78 is 11.3. The van der Waals surface area contributed by atoms with Crippen molar-refractivity contribution in [1.82, 2.24) is 0 Å². The number of amides is 1. The molecule has 1 saturated heterocycles. The van der Waals surface area contributed by atoms with Crippen LogP contribution in [0.15, 0.2) is 72.3 Å². The number of benzene rings is 3. The Hall–Kier alpha value is -4.77. The van der Waals surface area contributed by atoms with E-state index in [4.69, 9.17) is 14.7 Å². The standard InChI is InChI=1S/C29H26N2O6/c1-4-36-24-15-19(10-13-23(24)32)26-25(27(33)20-6-5-7-22(14-20)37-17(2)3)28(34)29(35)31(26)21-11-8-18(16-30)9-12-21/h5-15,17,26,32-33H,4H2,1-3H3/b27-25-. The van der Waals surface area contributed by atoms with Crippen LogP contribution in [0.25, 0.3) is 5.76 Å². The van der Waals surface area contributed by atoms with Gasteiger partial charge in [0, 0.05) is 11.3 Å². The number of aromatic hydroxyl groups is 1. The van der Waals surface area contributed by atoms with Crippen molar-refractivity contribution in [2.45, 2.75) is 32.9 Å². The molecular formula is C29H26N2O6. The lowest BCUT2D eigenvalue weighted by Crippen LogP contribution is -2.29. The van der Waals surface area contributed by atoms with Gasteiger partial charge in [-0.15, -0.1) is 0 Å². The predicted molar refractivity (Wildman–Crippen MR) is 137 cm³/mol. The number of hydrogen-bond acceptors (Lipinski definition) is 7. The van der Waals surface area contributed by atoms with Crippen molar-refractivity contribution in [3.63, 3.8) is 0 Å². The fraction of sp³-hybridized carbons (Fsp3) is 0.207. The molecule has 8 heteroatoms. The summed E-state index contributed by atoms with van der Waals surface area (Å²) in [6.45, 7) is 5.80. The number of nitrogens with zero attached hydrogens (tertiary/aromatic N) is 2. The van der Waals surface area contributed by atoms with E-state index in [9.17, 15) is 19.8 Å². The van der Waals surface area contributed by atoms with Crippen molar-refractivity contribution in [3.05, 3.63) is 89.0 Å². The highest BCUT2D eigenvalue weighted by Gasteiger charge is 2.47. The molecule has 0 aliphatic carbocycles. The zero-order valence-corrected chi connectivity index (χ0v) is 20.6. The summed E-state index contributed by atoms with van der Waals surface area (Å²) in [6, 6.07) is 18.4. The monoisotopic (exact) mass is 498 g/mol. The molecule has 2 N–H and O–H groups in total. The Labute approximate surface area is 214 Å². The van der Waals surface area contributed by atoms with Crippen LogP contribution >= 0.6 is 0 Å². The van der Waals surface area contributed by atoms with Gasteiger partial charge in [0.2, 0.25) is 0 Å². The van der Waals surface area contributed by atoms with E-state index in [-0.39, 0.29) is 35.5 Å². The van der Waals surface area contributed by atoms with Gasteiger partial charge >= 0.3 is 0 Å². The number of rotatable bonds is 7. The maximum atomic E-state index is 13.4. The average molecular weight is 499 g/mol. The molecule has 1 aliphatic heterocycles. The normalized spacial score (nSPS) is 16.6. The second-order valence-electron chi connectivity index (χ2n) is 8.68. The van der Waals surface area contributed by atoms with Crippen LogP contribution in [0.4, 0.5) is 5.69 Å². The van der Waals surface area contributed by atoms with Crippen LogP contribution in [0.3, 0.4) is 0 Å². The molecule has 8 nitrogen and oxygen atoms in total. The van der Waals surface area contributed by atoms with E-state index in [2.05, 4.69) is 0 Å². The van der Waals surface area contributed by atoms with E-state index >= 15 is 0 Å². The van der Waals surface area contributed by atoms with Gasteiger partial charge in [0.1, 0.15) is 11.5 Å². The van der Waals surface area contributed by atoms with Gasteiger partial charge in [0.05, 0.1) is 36.0 Å². The lowest BCUT2D eigenvalue weighted by molar-refractivity contribution is -0.132. The summed E-state index contributed by atoms with van der Waals surface area (Å²) in [5.41, 5.74) is 1.39. The molecule has 3 aromatic carbocycles. The minimum atomic E-state index is -1.03. The molecule has 0 saturated carbocycles. The molecule has 188 valence electrons. The largest absolute Gasteiger partial charge is 0.507 e. The van der Waals surface area contributed by atoms with Crippen LogP contribution in [-0.2, 0) is 9.59 Å². The van der Waals surface area contributed by atoms with Gasteiger partial charge in [-0.05, 0) is 74.9 Å². The summed E-state index contributed by atoms with van der Waals surface area (Å²) in [6.07, 6.45) is -0.103. The first-order chi connectivity index (χ1) is 17.7. The summed E-state index contributed by atoms with van der Waals surface area (Å²) in [7, 11) is 0. The van der Waals surface area contributed by atoms with E-state index in [0.29, 0.717) is 28.1 Å². The third-order valence-electron chi connectivity index (χ3n) is 5.80. The lowest BCUT2D eigenvalue weighted by Gasteiger charge is -2.26. The fourth-order valence-corrected chi connectivity index (χ4v) is 4.23. The highest BCUT2D eigenvalue weighted by molar-refractivity contribution is 6.51. The van der Waals surface area contributed by atoms with Crippen LogP contribution in [0.5, 0.6) is 17.2 Å². The Morgan fingerprint density at radius 1 is 1.08 bits per heavy atom. The molecule has 0 aromatic heterocycles. The van der Waals surface area contributed by atoms with Crippen molar-refractivity contribution in [1.29, 1.82) is 5.26 Å². The second-order valence-corrected chi connectivity index (χ2v) is 8.68. The van der Waals surface area contributed by atoms with Crippen LogP contribution in [0.2, 0.25) is 0 Å². The number of phenolic OH excluding ortho intramolecular Hbond substituents is 1. The summed E-state index contributed by atoms with van der Waals surface area (Å²) >= 11 is 0. The van der Waals surface area contributed by atoms with Crippen LogP contribution in [-0.4, -0.2) is 34.6 Å². The molecule has 37 heavy (non-hydrogen) atoms. The molecule has 1 heterocycles. The molecule has 0 radical (unpaired) electrons. The van der Waals surface area contributed by atoms with Gasteiger partial charge in [-0.25, -0.2) is 0 Å². The first kappa shape index (κ1) is 25.3. The van der Waals surface area contributed by atoms with Crippen LogP contribution in [0, 0.1) is 11.3 Å². The molecule has 0 bridgehead atoms. The van der Waals surface area contributed by atoms with Gasteiger partial charge in [0.15, 0.2) is 11.5 Å². The molecule has 4 rings (SSSR count). The molecule has 1 amide bonds. The predicted octanol–water partition coefficient (Wildman–Crippen LogP) is 5.08. The molecule has 1 atom stereocenters. The maximum absolute atomic E-state index is 13.4. The van der Waals surface area contributed by atoms with E-state index in [1.54, 1.807) is 61.5 Å². The lowest BCUT2D eigenvalue weighted by atomic mass is 9.94. The van der Waals surface area contributed by atoms with E-state index in [1.165, 1.54) is 17.0 Å². The highest BCUT2D eigenvalue weighted by Crippen LogP contribution is 2.44. The highest BCUT2D eigenvalue weighted by atomic mass is 16.5. The van der Waals surface area contributed by atoms with Crippen molar-refractivity contribution >= 4 is 23.1 Å². The number of carbonyl (C=O) groups excluding carboxylic acids is 2. The number of phenols is 1. The minimum absolute atomic E-state index is 0.0977. The molecule has 0 spiro atoms. The Bertz CT molecular complexity index is 1420. The Kier molecular flexibility index (Phi) is 7.16. The fourth-order valence-electron chi connectivity index (χ4n) is 4.23. The summed E-state index contributed by atoms with van der Waals surface area (Å²) in [5, 5.41) is 30.8. The Balaban J connectivity index is 1.93. The van der Waals surface area contributed by atoms with Gasteiger partial charge < -0.3 is 19.7 Å². The zero-order chi connectivity index (χ0) is 26.7. The number of hydrogen-bond donors (Lipinski definition) is 2. The molecular weight excluding hydrogens is 472 g/mol. The minimum Gasteiger partial charge on any atom is -0.507 e. The molecule has 3 aromatic rings. The summed E-state index contributed by atoms with van der Waals surface area (Å²) in [4.78, 5) is 28.0. The van der Waals surface area contributed by atoms with Gasteiger partial charge in [0.25, 0.3) is 11.7 Å². The molecule has 1 fully saturated rings. The number of anilines is 1. The molecule has 1 unspecified atom stereocenters. The quantitative estimate of drug-likeness (QED) is 0.265. The van der Waals surface area contributed by atoms with Crippen LogP contribution in [0.1, 0.15) is 43.5 Å². The number of aliphatic hydroxyl groups excluding tert-OH is 1. The first-order valence-corrected chi connectivity index (χ1v) is 11.8. The average Bonchev–Trinajstić information content (AvgIpc) is 3.15. The third kappa shape index (κ3) is 4.98. The van der Waals surface area contributed by atoms with Gasteiger partial charge in [-0.1, -0.05) is 18.2 Å².